The summed E-state index contributed by atoms with van der Waals surface area (Å²) in [6, 6.07) is 0. The van der Waals surface area contributed by atoms with Crippen molar-refractivity contribution < 1.29 is 51.4 Å². The van der Waals surface area contributed by atoms with E-state index >= 15 is 0 Å². The third kappa shape index (κ3) is 4.51. The Kier molecular flexibility index (Phi) is 10.4. The van der Waals surface area contributed by atoms with Crippen LogP contribution in [0.25, 0.3) is 0 Å². The molecule has 1 saturated carbocycles. The molecule has 1 aliphatic carbocycles. The molecule has 0 aromatic heterocycles. The maximum atomic E-state index is 2.40. The molecule has 44 valence electrons. The fourth-order valence-corrected chi connectivity index (χ4v) is 0.960. The van der Waals surface area contributed by atoms with Crippen LogP contribution in [0, 0.1) is 12.3 Å². The molecule has 0 bridgehead atoms. The first-order chi connectivity index (χ1) is 2.89. The van der Waals surface area contributed by atoms with Crippen molar-refractivity contribution in [3.63, 3.8) is 0 Å². The van der Waals surface area contributed by atoms with Crippen LogP contribution in [0.3, 0.4) is 0 Å². The third-order valence-corrected chi connectivity index (χ3v) is 1.43. The van der Waals surface area contributed by atoms with Crippen LogP contribution in [0.4, 0.5) is 0 Å². The first kappa shape index (κ1) is 12.3. The van der Waals surface area contributed by atoms with Crippen LogP contribution in [-0.4, -0.2) is 0 Å². The summed E-state index contributed by atoms with van der Waals surface area (Å²) in [5.41, 5.74) is 0. The van der Waals surface area contributed by atoms with Crippen molar-refractivity contribution in [3.8, 4) is 0 Å². The van der Waals surface area contributed by atoms with Crippen LogP contribution < -0.4 is 51.4 Å². The Hall–Kier alpha value is 1.64. The minimum atomic E-state index is 0. The Morgan fingerprint density at radius 3 is 2.25 bits per heavy atom. The summed E-state index contributed by atoms with van der Waals surface area (Å²) in [6.45, 7) is 2.28. The quantitative estimate of drug-likeness (QED) is 0.317. The normalized spacial score (nSPS) is 25.9. The van der Waals surface area contributed by atoms with Crippen LogP contribution in [0.2, 0.25) is 0 Å². The van der Waals surface area contributed by atoms with Crippen molar-refractivity contribution >= 4 is 0 Å². The molecule has 0 spiro atoms. The van der Waals surface area contributed by atoms with E-state index in [0.717, 1.165) is 5.92 Å². The van der Waals surface area contributed by atoms with Crippen LogP contribution in [0.15, 0.2) is 0 Å². The molecule has 0 aromatic carbocycles. The molecule has 1 fully saturated rings. The minimum Gasteiger partial charge on any atom is -0.326 e. The molecule has 1 rings (SSSR count). The largest absolute Gasteiger partial charge is 1.00 e. The van der Waals surface area contributed by atoms with Gasteiger partial charge in [-0.1, -0.05) is 27.2 Å². The van der Waals surface area contributed by atoms with Crippen molar-refractivity contribution in [2.75, 3.05) is 0 Å². The molecule has 0 unspecified atom stereocenters. The predicted molar refractivity (Wildman–Crippen MR) is 34.0 cm³/mol. The fourth-order valence-electron chi connectivity index (χ4n) is 0.960. The topological polar surface area (TPSA) is 0 Å². The van der Waals surface area contributed by atoms with Gasteiger partial charge in [0.05, 0.1) is 0 Å². The second kappa shape index (κ2) is 6.75. The number of hydrogen-bond acceptors (Lipinski definition) is 0. The summed E-state index contributed by atoms with van der Waals surface area (Å²) in [5.74, 6) is 0.921. The van der Waals surface area contributed by atoms with Crippen molar-refractivity contribution in [3.05, 3.63) is 6.42 Å². The molecule has 0 nitrogen and oxygen atoms in total. The van der Waals surface area contributed by atoms with Gasteiger partial charge in [-0.05, 0) is 0 Å². The van der Waals surface area contributed by atoms with Gasteiger partial charge in [-0.25, -0.2) is 0 Å². The second-order valence-electron chi connectivity index (χ2n) is 2.14. The third-order valence-electron chi connectivity index (χ3n) is 1.43. The molecule has 0 N–H and O–H groups in total. The number of hydrogen-bond donors (Lipinski definition) is 0. The zero-order valence-corrected chi connectivity index (χ0v) is 8.40. The van der Waals surface area contributed by atoms with Crippen molar-refractivity contribution in [2.24, 2.45) is 5.92 Å². The Morgan fingerprint density at radius 2 is 2.12 bits per heavy atom. The Morgan fingerprint density at radius 1 is 1.50 bits per heavy atom. The van der Waals surface area contributed by atoms with Gasteiger partial charge in [-0.2, -0.15) is 12.3 Å². The van der Waals surface area contributed by atoms with Crippen LogP contribution in [-0.2, 0) is 0 Å². The van der Waals surface area contributed by atoms with E-state index in [1.807, 2.05) is 0 Å². The van der Waals surface area contributed by atoms with E-state index in [0.29, 0.717) is 0 Å². The van der Waals surface area contributed by atoms with Crippen LogP contribution in [0.1, 0.15) is 33.6 Å². The van der Waals surface area contributed by atoms with Gasteiger partial charge in [-0.15, -0.1) is 0 Å². The maximum Gasteiger partial charge on any atom is 1.00 e. The number of rotatable bonds is 0. The molecule has 1 heteroatoms. The van der Waals surface area contributed by atoms with E-state index in [9.17, 15) is 0 Å². The van der Waals surface area contributed by atoms with E-state index < -0.39 is 0 Å². The Balaban J connectivity index is 0. The van der Waals surface area contributed by atoms with Gasteiger partial charge in [0.2, 0.25) is 0 Å². The summed E-state index contributed by atoms with van der Waals surface area (Å²) >= 11 is 0. The minimum absolute atomic E-state index is 0. The Labute approximate surface area is 95.9 Å². The molecule has 0 aromatic rings. The summed E-state index contributed by atoms with van der Waals surface area (Å²) in [4.78, 5) is 0. The smallest absolute Gasteiger partial charge is 0.326 e. The van der Waals surface area contributed by atoms with Gasteiger partial charge in [0.25, 0.3) is 0 Å². The van der Waals surface area contributed by atoms with E-state index in [1.165, 1.54) is 19.3 Å². The predicted octanol–water partition coefficient (Wildman–Crippen LogP) is -0.349. The molecule has 8 heavy (non-hydrogen) atoms. The van der Waals surface area contributed by atoms with Gasteiger partial charge < -0.3 is 6.42 Å². The molecule has 1 aliphatic rings. The van der Waals surface area contributed by atoms with Gasteiger partial charge in [0.1, 0.15) is 0 Å². The molecule has 0 heterocycles. The fraction of sp³-hybridized carbons (Fsp3) is 0.857. The zero-order valence-electron chi connectivity index (χ0n) is 5.28. The van der Waals surface area contributed by atoms with Crippen molar-refractivity contribution in [2.45, 2.75) is 33.6 Å². The standard InChI is InChI=1S/C6H11.CH4.K/c1-6-4-2-3-5-6;;/h4,6H,2-3,5H2,1H3;1H4;/q-1;;+1/t6-;;/m1../s1. The second-order valence-corrected chi connectivity index (χ2v) is 2.14. The molecular weight excluding hydrogens is 123 g/mol. The summed E-state index contributed by atoms with van der Waals surface area (Å²) < 4.78 is 0. The average Bonchev–Trinajstić information content (AvgIpc) is 1.86. The SMILES string of the molecule is C.C[C@@H]1[CH-]CCC1.[K+]. The maximum absolute atomic E-state index is 2.40. The van der Waals surface area contributed by atoms with Crippen LogP contribution >= 0.6 is 0 Å². The summed E-state index contributed by atoms with van der Waals surface area (Å²) in [7, 11) is 0. The molecule has 0 amide bonds. The summed E-state index contributed by atoms with van der Waals surface area (Å²) in [6.07, 6.45) is 6.63. The van der Waals surface area contributed by atoms with Crippen molar-refractivity contribution in [1.29, 1.82) is 0 Å². The first-order valence-corrected chi connectivity index (χ1v) is 2.73. The van der Waals surface area contributed by atoms with Gasteiger partial charge in [0.15, 0.2) is 0 Å². The van der Waals surface area contributed by atoms with Gasteiger partial charge in [-0.3, -0.25) is 0 Å². The first-order valence-electron chi connectivity index (χ1n) is 2.73. The Bertz CT molecular complexity index is 37.7. The zero-order chi connectivity index (χ0) is 4.41. The van der Waals surface area contributed by atoms with Gasteiger partial charge >= 0.3 is 51.4 Å². The molecule has 0 aliphatic heterocycles. The molecular formula is C7H15K. The van der Waals surface area contributed by atoms with E-state index in [2.05, 4.69) is 13.3 Å². The molecule has 1 atom stereocenters. The van der Waals surface area contributed by atoms with E-state index in [1.54, 1.807) is 0 Å². The van der Waals surface area contributed by atoms with E-state index in [-0.39, 0.29) is 58.8 Å². The molecule has 0 radical (unpaired) electrons. The molecule has 0 saturated heterocycles. The van der Waals surface area contributed by atoms with Gasteiger partial charge in [0, 0.05) is 0 Å². The summed E-state index contributed by atoms with van der Waals surface area (Å²) in [5, 5.41) is 0. The van der Waals surface area contributed by atoms with Crippen molar-refractivity contribution in [1.82, 2.24) is 0 Å². The monoisotopic (exact) mass is 138 g/mol. The van der Waals surface area contributed by atoms with Crippen LogP contribution in [0.5, 0.6) is 0 Å². The average molecular weight is 138 g/mol. The van der Waals surface area contributed by atoms with E-state index in [4.69, 9.17) is 0 Å².